The van der Waals surface area contributed by atoms with Crippen LogP contribution in [0.2, 0.25) is 0 Å². The van der Waals surface area contributed by atoms with Crippen LogP contribution in [0.25, 0.3) is 21.9 Å². The molecular weight excluding hydrogens is 232 g/mol. The standard InChI is InChI=1S/C18H20O/c1-11(2)10-14-6-5-7-15-16-9-8-12(3)13(4)17(16)19-18(14)15/h5-9,11H,10H2,1-4H3. The quantitative estimate of drug-likeness (QED) is 0.595. The third-order valence-corrected chi connectivity index (χ3v) is 3.90. The first-order valence-corrected chi connectivity index (χ1v) is 6.98. The first-order valence-electron chi connectivity index (χ1n) is 6.98. The van der Waals surface area contributed by atoms with Gasteiger partial charge >= 0.3 is 0 Å². The van der Waals surface area contributed by atoms with Gasteiger partial charge in [-0.3, -0.25) is 0 Å². The molecule has 0 aliphatic carbocycles. The predicted octanol–water partition coefficient (Wildman–Crippen LogP) is 5.40. The van der Waals surface area contributed by atoms with E-state index in [1.54, 1.807) is 0 Å². The molecule has 0 N–H and O–H groups in total. The second kappa shape index (κ2) is 4.41. The maximum atomic E-state index is 6.20. The third-order valence-electron chi connectivity index (χ3n) is 3.90. The SMILES string of the molecule is Cc1ccc2c(oc3c(CC(C)C)cccc32)c1C. The van der Waals surface area contributed by atoms with Gasteiger partial charge in [0.25, 0.3) is 0 Å². The van der Waals surface area contributed by atoms with Crippen LogP contribution in [0.15, 0.2) is 34.7 Å². The molecule has 3 aromatic rings. The molecule has 0 spiro atoms. The van der Waals surface area contributed by atoms with Crippen molar-refractivity contribution in [2.75, 3.05) is 0 Å². The van der Waals surface area contributed by atoms with Crippen molar-refractivity contribution in [3.8, 4) is 0 Å². The minimum atomic E-state index is 0.640. The number of aryl methyl sites for hydroxylation is 2. The van der Waals surface area contributed by atoms with E-state index in [2.05, 4.69) is 58.0 Å². The number of hydrogen-bond acceptors (Lipinski definition) is 1. The van der Waals surface area contributed by atoms with Gasteiger partial charge in [0.05, 0.1) is 0 Å². The topological polar surface area (TPSA) is 13.1 Å². The highest BCUT2D eigenvalue weighted by Crippen LogP contribution is 2.34. The fourth-order valence-electron chi connectivity index (χ4n) is 2.75. The Morgan fingerprint density at radius 2 is 1.68 bits per heavy atom. The molecule has 19 heavy (non-hydrogen) atoms. The van der Waals surface area contributed by atoms with Crippen LogP contribution in [-0.4, -0.2) is 0 Å². The Morgan fingerprint density at radius 1 is 0.947 bits per heavy atom. The summed E-state index contributed by atoms with van der Waals surface area (Å²) in [6.45, 7) is 8.77. The average Bonchev–Trinajstić information content (AvgIpc) is 2.74. The van der Waals surface area contributed by atoms with Gasteiger partial charge in [0.1, 0.15) is 11.2 Å². The molecule has 0 saturated heterocycles. The van der Waals surface area contributed by atoms with Crippen molar-refractivity contribution >= 4 is 21.9 Å². The van der Waals surface area contributed by atoms with Crippen molar-refractivity contribution in [1.82, 2.24) is 0 Å². The summed E-state index contributed by atoms with van der Waals surface area (Å²) < 4.78 is 6.20. The van der Waals surface area contributed by atoms with E-state index >= 15 is 0 Å². The Bertz CT molecular complexity index is 747. The first kappa shape index (κ1) is 12.3. The number of para-hydroxylation sites is 1. The first-order chi connectivity index (χ1) is 9.08. The second-order valence-electron chi connectivity index (χ2n) is 5.88. The Hall–Kier alpha value is -1.76. The van der Waals surface area contributed by atoms with Gasteiger partial charge in [0, 0.05) is 10.8 Å². The third kappa shape index (κ3) is 1.94. The monoisotopic (exact) mass is 252 g/mol. The number of benzene rings is 2. The maximum absolute atomic E-state index is 6.20. The maximum Gasteiger partial charge on any atom is 0.138 e. The van der Waals surface area contributed by atoms with Gasteiger partial charge in [-0.15, -0.1) is 0 Å². The van der Waals surface area contributed by atoms with E-state index in [9.17, 15) is 0 Å². The summed E-state index contributed by atoms with van der Waals surface area (Å²) in [5.74, 6) is 0.640. The van der Waals surface area contributed by atoms with Gasteiger partial charge in [0.15, 0.2) is 0 Å². The number of furan rings is 1. The molecular formula is C18H20O. The van der Waals surface area contributed by atoms with Crippen LogP contribution in [-0.2, 0) is 6.42 Å². The van der Waals surface area contributed by atoms with Gasteiger partial charge in [-0.2, -0.15) is 0 Å². The van der Waals surface area contributed by atoms with Crippen LogP contribution in [0.1, 0.15) is 30.5 Å². The molecule has 3 rings (SSSR count). The Morgan fingerprint density at radius 3 is 2.42 bits per heavy atom. The smallest absolute Gasteiger partial charge is 0.138 e. The van der Waals surface area contributed by atoms with Crippen molar-refractivity contribution in [2.45, 2.75) is 34.1 Å². The summed E-state index contributed by atoms with van der Waals surface area (Å²) >= 11 is 0. The molecule has 1 heterocycles. The van der Waals surface area contributed by atoms with Gasteiger partial charge < -0.3 is 4.42 Å². The molecule has 0 amide bonds. The molecule has 0 fully saturated rings. The molecule has 0 unspecified atom stereocenters. The van der Waals surface area contributed by atoms with Gasteiger partial charge in [0.2, 0.25) is 0 Å². The highest BCUT2D eigenvalue weighted by Gasteiger charge is 2.13. The molecule has 0 saturated carbocycles. The average molecular weight is 252 g/mol. The van der Waals surface area contributed by atoms with E-state index < -0.39 is 0 Å². The highest BCUT2D eigenvalue weighted by molar-refractivity contribution is 6.07. The van der Waals surface area contributed by atoms with Crippen molar-refractivity contribution in [3.63, 3.8) is 0 Å². The van der Waals surface area contributed by atoms with E-state index in [1.165, 1.54) is 27.5 Å². The summed E-state index contributed by atoms with van der Waals surface area (Å²) in [6.07, 6.45) is 1.06. The van der Waals surface area contributed by atoms with Crippen LogP contribution in [0.4, 0.5) is 0 Å². The van der Waals surface area contributed by atoms with Crippen LogP contribution in [0.5, 0.6) is 0 Å². The Balaban J connectivity index is 2.36. The number of fused-ring (bicyclic) bond motifs is 3. The van der Waals surface area contributed by atoms with Crippen molar-refractivity contribution < 1.29 is 4.42 Å². The largest absolute Gasteiger partial charge is 0.455 e. The Kier molecular flexibility index (Phi) is 2.85. The summed E-state index contributed by atoms with van der Waals surface area (Å²) in [5.41, 5.74) is 5.98. The van der Waals surface area contributed by atoms with Crippen LogP contribution >= 0.6 is 0 Å². The zero-order chi connectivity index (χ0) is 13.6. The fraction of sp³-hybridized carbons (Fsp3) is 0.333. The van der Waals surface area contributed by atoms with Crippen LogP contribution in [0.3, 0.4) is 0 Å². The Labute approximate surface area is 114 Å². The van der Waals surface area contributed by atoms with Crippen LogP contribution < -0.4 is 0 Å². The molecule has 0 atom stereocenters. The minimum Gasteiger partial charge on any atom is -0.455 e. The molecule has 1 heteroatoms. The molecule has 0 bridgehead atoms. The molecule has 2 aromatic carbocycles. The lowest BCUT2D eigenvalue weighted by Gasteiger charge is -2.04. The molecule has 0 aliphatic heterocycles. The zero-order valence-electron chi connectivity index (χ0n) is 12.1. The lowest BCUT2D eigenvalue weighted by molar-refractivity contribution is 0.622. The summed E-state index contributed by atoms with van der Waals surface area (Å²) in [7, 11) is 0. The predicted molar refractivity (Wildman–Crippen MR) is 81.7 cm³/mol. The molecule has 98 valence electrons. The van der Waals surface area contributed by atoms with Crippen LogP contribution in [0, 0.1) is 19.8 Å². The normalized spacial score (nSPS) is 11.8. The second-order valence-corrected chi connectivity index (χ2v) is 5.88. The fourth-order valence-corrected chi connectivity index (χ4v) is 2.75. The summed E-state index contributed by atoms with van der Waals surface area (Å²) in [5, 5.41) is 2.49. The van der Waals surface area contributed by atoms with Crippen molar-refractivity contribution in [2.24, 2.45) is 5.92 Å². The number of hydrogen-bond donors (Lipinski definition) is 0. The summed E-state index contributed by atoms with van der Waals surface area (Å²) in [6, 6.07) is 10.9. The van der Waals surface area contributed by atoms with E-state index in [4.69, 9.17) is 4.42 Å². The zero-order valence-corrected chi connectivity index (χ0v) is 12.1. The van der Waals surface area contributed by atoms with Gasteiger partial charge in [-0.05, 0) is 42.9 Å². The highest BCUT2D eigenvalue weighted by atomic mass is 16.3. The van der Waals surface area contributed by atoms with Gasteiger partial charge in [-0.25, -0.2) is 0 Å². The summed E-state index contributed by atoms with van der Waals surface area (Å²) in [4.78, 5) is 0. The van der Waals surface area contributed by atoms with E-state index in [-0.39, 0.29) is 0 Å². The molecule has 1 nitrogen and oxygen atoms in total. The van der Waals surface area contributed by atoms with Crippen molar-refractivity contribution in [3.05, 3.63) is 47.0 Å². The lowest BCUT2D eigenvalue weighted by Crippen LogP contribution is -1.93. The minimum absolute atomic E-state index is 0.640. The van der Waals surface area contributed by atoms with Gasteiger partial charge in [-0.1, -0.05) is 44.2 Å². The molecule has 0 radical (unpaired) electrons. The van der Waals surface area contributed by atoms with E-state index in [0.29, 0.717) is 5.92 Å². The van der Waals surface area contributed by atoms with E-state index in [1.807, 2.05) is 0 Å². The lowest BCUT2D eigenvalue weighted by atomic mass is 10.00. The van der Waals surface area contributed by atoms with Crippen molar-refractivity contribution in [1.29, 1.82) is 0 Å². The van der Waals surface area contributed by atoms with E-state index in [0.717, 1.165) is 17.6 Å². The number of rotatable bonds is 2. The molecule has 0 aliphatic rings. The molecule has 1 aromatic heterocycles.